The number of morpholine rings is 1. The number of alkyl halides is 1. The molecule has 2 aromatic rings. The van der Waals surface area contributed by atoms with E-state index in [0.29, 0.717) is 5.75 Å². The largest absolute Gasteiger partial charge is 0.422 e. The summed E-state index contributed by atoms with van der Waals surface area (Å²) in [5, 5.41) is -0.443. The van der Waals surface area contributed by atoms with Crippen LogP contribution < -0.4 is 9.08 Å². The number of pyridine rings is 1. The number of hydrogen-bond acceptors (Lipinski definition) is 5. The molecule has 0 bridgehead atoms. The lowest BCUT2D eigenvalue weighted by atomic mass is 10.2. The van der Waals surface area contributed by atoms with Gasteiger partial charge in [0.2, 0.25) is 0 Å². The first-order valence-corrected chi connectivity index (χ1v) is 8.02. The van der Waals surface area contributed by atoms with E-state index in [1.807, 2.05) is 24.4 Å². The summed E-state index contributed by atoms with van der Waals surface area (Å²) >= 11 is 0.813. The van der Waals surface area contributed by atoms with E-state index in [0.717, 1.165) is 54.9 Å². The average molecular weight is 322 g/mol. The maximum Gasteiger partial charge on any atom is 0.187 e. The molecule has 4 nitrogen and oxygen atoms in total. The van der Waals surface area contributed by atoms with Gasteiger partial charge in [-0.25, -0.2) is 4.39 Å². The van der Waals surface area contributed by atoms with E-state index in [4.69, 9.17) is 8.92 Å². The SMILES string of the molecule is CC(C)(F)SOc1ccc2ncc(N3CCOCC3)cc2c1. The molecule has 6 heteroatoms. The Morgan fingerprint density at radius 3 is 2.77 bits per heavy atom. The number of halogens is 1. The highest BCUT2D eigenvalue weighted by atomic mass is 32.2. The first-order valence-electron chi connectivity index (χ1n) is 7.28. The van der Waals surface area contributed by atoms with Crippen molar-refractivity contribution in [2.24, 2.45) is 0 Å². The van der Waals surface area contributed by atoms with Crippen molar-refractivity contribution in [3.05, 3.63) is 30.5 Å². The van der Waals surface area contributed by atoms with E-state index in [2.05, 4.69) is 16.0 Å². The summed E-state index contributed by atoms with van der Waals surface area (Å²) < 4.78 is 24.3. The molecule has 0 radical (unpaired) electrons. The Hall–Kier alpha value is -1.53. The minimum absolute atomic E-state index is 0.629. The second kappa shape index (κ2) is 6.30. The van der Waals surface area contributed by atoms with Gasteiger partial charge >= 0.3 is 0 Å². The van der Waals surface area contributed by atoms with E-state index in [-0.39, 0.29) is 0 Å². The standard InChI is InChI=1S/C16H19FN2O2S/c1-16(2,17)22-21-14-3-4-15-12(10-14)9-13(11-18-15)19-5-7-20-8-6-19/h3-4,9-11H,5-8H2,1-2H3. The molecule has 0 N–H and O–H groups in total. The van der Waals surface area contributed by atoms with Gasteiger partial charge < -0.3 is 13.8 Å². The fourth-order valence-corrected chi connectivity index (χ4v) is 2.69. The zero-order valence-corrected chi connectivity index (χ0v) is 13.5. The minimum Gasteiger partial charge on any atom is -0.422 e. The predicted molar refractivity (Wildman–Crippen MR) is 88.2 cm³/mol. The molecule has 1 saturated heterocycles. The number of rotatable bonds is 4. The molecule has 1 fully saturated rings. The second-order valence-corrected chi connectivity index (χ2v) is 6.98. The van der Waals surface area contributed by atoms with E-state index in [9.17, 15) is 4.39 Å². The maximum absolute atomic E-state index is 13.5. The number of benzene rings is 1. The molecule has 1 aliphatic rings. The number of nitrogens with zero attached hydrogens (tertiary/aromatic N) is 2. The quantitative estimate of drug-likeness (QED) is 0.800. The Labute approximate surface area is 133 Å². The van der Waals surface area contributed by atoms with Crippen LogP contribution in [0.5, 0.6) is 5.75 Å². The fraction of sp³-hybridized carbons (Fsp3) is 0.438. The Morgan fingerprint density at radius 1 is 1.27 bits per heavy atom. The summed E-state index contributed by atoms with van der Waals surface area (Å²) in [5.74, 6) is 0.629. The van der Waals surface area contributed by atoms with Crippen LogP contribution >= 0.6 is 12.0 Å². The van der Waals surface area contributed by atoms with Crippen molar-refractivity contribution in [3.8, 4) is 5.75 Å². The van der Waals surface area contributed by atoms with E-state index < -0.39 is 5.00 Å². The molecule has 1 aromatic heterocycles. The number of ether oxygens (including phenoxy) is 1. The van der Waals surface area contributed by atoms with Crippen molar-refractivity contribution in [1.82, 2.24) is 4.98 Å². The molecule has 1 aliphatic heterocycles. The maximum atomic E-state index is 13.5. The number of hydrogen-bond donors (Lipinski definition) is 0. The van der Waals surface area contributed by atoms with Gasteiger partial charge in [-0.15, -0.1) is 0 Å². The molecule has 0 amide bonds. The van der Waals surface area contributed by atoms with Crippen LogP contribution in [0.25, 0.3) is 10.9 Å². The van der Waals surface area contributed by atoms with Gasteiger partial charge in [-0.3, -0.25) is 4.98 Å². The monoisotopic (exact) mass is 322 g/mol. The Kier molecular flexibility index (Phi) is 4.40. The third kappa shape index (κ3) is 3.81. The van der Waals surface area contributed by atoms with Crippen LogP contribution in [0.2, 0.25) is 0 Å². The average Bonchev–Trinajstić information content (AvgIpc) is 2.52. The van der Waals surface area contributed by atoms with Crippen molar-refractivity contribution >= 4 is 28.6 Å². The normalized spacial score (nSPS) is 16.0. The van der Waals surface area contributed by atoms with Crippen LogP contribution in [-0.2, 0) is 4.74 Å². The third-order valence-corrected chi connectivity index (χ3v) is 4.02. The topological polar surface area (TPSA) is 34.6 Å². The van der Waals surface area contributed by atoms with Crippen LogP contribution in [0.3, 0.4) is 0 Å². The number of aromatic nitrogens is 1. The van der Waals surface area contributed by atoms with Gasteiger partial charge in [0, 0.05) is 18.5 Å². The highest BCUT2D eigenvalue weighted by Crippen LogP contribution is 2.31. The van der Waals surface area contributed by atoms with Gasteiger partial charge in [-0.05, 0) is 38.1 Å². The molecule has 22 heavy (non-hydrogen) atoms. The lowest BCUT2D eigenvalue weighted by Gasteiger charge is -2.28. The first kappa shape index (κ1) is 15.4. The van der Waals surface area contributed by atoms with Crippen molar-refractivity contribution in [3.63, 3.8) is 0 Å². The van der Waals surface area contributed by atoms with Crippen molar-refractivity contribution in [2.75, 3.05) is 31.2 Å². The summed E-state index contributed by atoms with van der Waals surface area (Å²) in [6.07, 6.45) is 1.88. The van der Waals surface area contributed by atoms with Gasteiger partial charge in [0.1, 0.15) is 5.75 Å². The van der Waals surface area contributed by atoms with E-state index >= 15 is 0 Å². The van der Waals surface area contributed by atoms with Crippen LogP contribution in [-0.4, -0.2) is 36.3 Å². The fourth-order valence-electron chi connectivity index (χ4n) is 2.29. The van der Waals surface area contributed by atoms with Crippen LogP contribution in [0.15, 0.2) is 30.5 Å². The molecule has 0 spiro atoms. The molecular weight excluding hydrogens is 303 g/mol. The molecule has 118 valence electrons. The summed E-state index contributed by atoms with van der Waals surface area (Å²) in [5.41, 5.74) is 1.97. The Morgan fingerprint density at radius 2 is 2.05 bits per heavy atom. The lowest BCUT2D eigenvalue weighted by molar-refractivity contribution is 0.122. The van der Waals surface area contributed by atoms with Crippen molar-refractivity contribution in [2.45, 2.75) is 18.8 Å². The molecule has 0 saturated carbocycles. The molecule has 3 rings (SSSR count). The van der Waals surface area contributed by atoms with Crippen molar-refractivity contribution in [1.29, 1.82) is 0 Å². The van der Waals surface area contributed by atoms with Crippen LogP contribution in [0, 0.1) is 0 Å². The third-order valence-electron chi connectivity index (χ3n) is 3.35. The van der Waals surface area contributed by atoms with Crippen LogP contribution in [0.4, 0.5) is 10.1 Å². The van der Waals surface area contributed by atoms with E-state index in [1.54, 1.807) is 0 Å². The smallest absolute Gasteiger partial charge is 0.187 e. The molecular formula is C16H19FN2O2S. The van der Waals surface area contributed by atoms with Crippen LogP contribution in [0.1, 0.15) is 13.8 Å². The number of anilines is 1. The Balaban J connectivity index is 1.82. The summed E-state index contributed by atoms with van der Waals surface area (Å²) in [6, 6.07) is 7.68. The molecule has 0 atom stereocenters. The summed E-state index contributed by atoms with van der Waals surface area (Å²) in [6.45, 7) is 6.16. The molecule has 0 unspecified atom stereocenters. The van der Waals surface area contributed by atoms with E-state index in [1.165, 1.54) is 13.8 Å². The summed E-state index contributed by atoms with van der Waals surface area (Å²) in [7, 11) is 0. The minimum atomic E-state index is -1.43. The number of fused-ring (bicyclic) bond motifs is 1. The molecule has 2 heterocycles. The van der Waals surface area contributed by atoms with Gasteiger partial charge in [0.05, 0.1) is 42.7 Å². The van der Waals surface area contributed by atoms with Gasteiger partial charge in [0.15, 0.2) is 5.00 Å². The summed E-state index contributed by atoms with van der Waals surface area (Å²) in [4.78, 5) is 6.74. The molecule has 1 aromatic carbocycles. The first-order chi connectivity index (χ1) is 10.5. The van der Waals surface area contributed by atoms with Gasteiger partial charge in [-0.1, -0.05) is 0 Å². The molecule has 0 aliphatic carbocycles. The van der Waals surface area contributed by atoms with Crippen molar-refractivity contribution < 1.29 is 13.3 Å². The second-order valence-electron chi connectivity index (χ2n) is 5.68. The zero-order valence-electron chi connectivity index (χ0n) is 12.7. The Bertz CT molecular complexity index is 654. The zero-order chi connectivity index (χ0) is 15.6. The predicted octanol–water partition coefficient (Wildman–Crippen LogP) is 3.80. The highest BCUT2D eigenvalue weighted by molar-refractivity contribution is 7.96. The lowest BCUT2D eigenvalue weighted by Crippen LogP contribution is -2.36. The van der Waals surface area contributed by atoms with Gasteiger partial charge in [0.25, 0.3) is 0 Å². The highest BCUT2D eigenvalue weighted by Gasteiger charge is 2.18. The van der Waals surface area contributed by atoms with Gasteiger partial charge in [-0.2, -0.15) is 0 Å².